The van der Waals surface area contributed by atoms with E-state index in [1.807, 2.05) is 30.3 Å². The second-order valence-electron chi connectivity index (χ2n) is 9.16. The van der Waals surface area contributed by atoms with E-state index in [4.69, 9.17) is 4.74 Å². The number of carbonyl (C=O) groups is 2. The van der Waals surface area contributed by atoms with E-state index >= 15 is 0 Å². The summed E-state index contributed by atoms with van der Waals surface area (Å²) in [6, 6.07) is 19.0. The summed E-state index contributed by atoms with van der Waals surface area (Å²) in [7, 11) is 1.48. The Labute approximate surface area is 196 Å². The van der Waals surface area contributed by atoms with Crippen molar-refractivity contribution in [2.24, 2.45) is 5.92 Å². The Hall–Kier alpha value is -2.86. The topological polar surface area (TPSA) is 61.9 Å². The van der Waals surface area contributed by atoms with Gasteiger partial charge >= 0.3 is 5.97 Å². The van der Waals surface area contributed by atoms with Gasteiger partial charge in [0.25, 0.3) is 0 Å². The number of benzene rings is 2. The number of hydrogen-bond acceptors (Lipinski definition) is 5. The SMILES string of the molecule is COC(=O)C1CCN(C2CCN(c3ccc(CC(=O)NCc4ccccc4)cc3)CC2)CC1. The quantitative estimate of drug-likeness (QED) is 0.657. The number of ether oxygens (including phenoxy) is 1. The zero-order valence-corrected chi connectivity index (χ0v) is 19.5. The first-order valence-electron chi connectivity index (χ1n) is 12.1. The number of methoxy groups -OCH3 is 1. The zero-order chi connectivity index (χ0) is 23.0. The number of amides is 1. The molecule has 0 bridgehead atoms. The van der Waals surface area contributed by atoms with Gasteiger partial charge in [-0.05, 0) is 62.0 Å². The van der Waals surface area contributed by atoms with E-state index in [9.17, 15) is 9.59 Å². The van der Waals surface area contributed by atoms with Crippen molar-refractivity contribution in [1.82, 2.24) is 10.2 Å². The van der Waals surface area contributed by atoms with E-state index in [2.05, 4.69) is 39.4 Å². The van der Waals surface area contributed by atoms with Crippen molar-refractivity contribution in [3.8, 4) is 0 Å². The zero-order valence-electron chi connectivity index (χ0n) is 19.5. The lowest BCUT2D eigenvalue weighted by Crippen LogP contribution is -2.48. The summed E-state index contributed by atoms with van der Waals surface area (Å²) in [5.74, 6) is 0.0650. The molecule has 2 saturated heterocycles. The normalized spacial score (nSPS) is 18.2. The molecule has 2 aromatic carbocycles. The Kier molecular flexibility index (Phi) is 8.00. The van der Waals surface area contributed by atoms with Crippen LogP contribution in [0.1, 0.15) is 36.8 Å². The third-order valence-electron chi connectivity index (χ3n) is 7.04. The van der Waals surface area contributed by atoms with Crippen LogP contribution in [-0.2, 0) is 27.3 Å². The van der Waals surface area contributed by atoms with Crippen molar-refractivity contribution < 1.29 is 14.3 Å². The van der Waals surface area contributed by atoms with Crippen LogP contribution >= 0.6 is 0 Å². The summed E-state index contributed by atoms with van der Waals surface area (Å²) in [4.78, 5) is 29.0. The molecule has 33 heavy (non-hydrogen) atoms. The fourth-order valence-corrected chi connectivity index (χ4v) is 5.03. The van der Waals surface area contributed by atoms with Crippen LogP contribution in [-0.4, -0.2) is 56.1 Å². The van der Waals surface area contributed by atoms with Crippen LogP contribution in [0, 0.1) is 5.92 Å². The van der Waals surface area contributed by atoms with Crippen molar-refractivity contribution in [3.05, 3.63) is 65.7 Å². The number of esters is 1. The average molecular weight is 450 g/mol. The van der Waals surface area contributed by atoms with E-state index in [0.717, 1.165) is 63.0 Å². The highest BCUT2D eigenvalue weighted by Gasteiger charge is 2.31. The van der Waals surface area contributed by atoms with E-state index in [0.29, 0.717) is 19.0 Å². The number of nitrogens with zero attached hydrogens (tertiary/aromatic N) is 2. The predicted molar refractivity (Wildman–Crippen MR) is 130 cm³/mol. The van der Waals surface area contributed by atoms with Crippen LogP contribution in [0.5, 0.6) is 0 Å². The van der Waals surface area contributed by atoms with Gasteiger partial charge in [-0.1, -0.05) is 42.5 Å². The lowest BCUT2D eigenvalue weighted by atomic mass is 9.93. The predicted octanol–water partition coefficient (Wildman–Crippen LogP) is 3.40. The van der Waals surface area contributed by atoms with Gasteiger partial charge in [-0.15, -0.1) is 0 Å². The first-order valence-corrected chi connectivity index (χ1v) is 12.1. The van der Waals surface area contributed by atoms with Gasteiger partial charge in [-0.2, -0.15) is 0 Å². The Bertz CT molecular complexity index is 900. The number of rotatable bonds is 7. The molecular formula is C27H35N3O3. The van der Waals surface area contributed by atoms with E-state index in [1.54, 1.807) is 0 Å². The highest BCUT2D eigenvalue weighted by Crippen LogP contribution is 2.27. The third kappa shape index (κ3) is 6.35. The van der Waals surface area contributed by atoms with Crippen LogP contribution in [0.15, 0.2) is 54.6 Å². The van der Waals surface area contributed by atoms with Crippen molar-refractivity contribution in [2.75, 3.05) is 38.2 Å². The maximum absolute atomic E-state index is 12.3. The maximum Gasteiger partial charge on any atom is 0.308 e. The monoisotopic (exact) mass is 449 g/mol. The van der Waals surface area contributed by atoms with Crippen LogP contribution in [0.25, 0.3) is 0 Å². The molecule has 0 saturated carbocycles. The highest BCUT2D eigenvalue weighted by atomic mass is 16.5. The van der Waals surface area contributed by atoms with Gasteiger partial charge < -0.3 is 19.9 Å². The Morgan fingerprint density at radius 3 is 2.18 bits per heavy atom. The fourth-order valence-electron chi connectivity index (χ4n) is 5.03. The maximum atomic E-state index is 12.3. The largest absolute Gasteiger partial charge is 0.469 e. The Morgan fingerprint density at radius 2 is 1.55 bits per heavy atom. The lowest BCUT2D eigenvalue weighted by Gasteiger charge is -2.42. The smallest absolute Gasteiger partial charge is 0.308 e. The van der Waals surface area contributed by atoms with Gasteiger partial charge in [0, 0.05) is 31.4 Å². The number of piperidine rings is 2. The van der Waals surface area contributed by atoms with Crippen LogP contribution in [0.4, 0.5) is 5.69 Å². The standard InChI is InChI=1S/C27H35N3O3/c1-33-27(32)23-11-15-29(16-12-23)25-13-17-30(18-14-25)24-9-7-21(8-10-24)19-26(31)28-20-22-5-3-2-4-6-22/h2-10,23,25H,11-20H2,1H3,(H,28,31). The third-order valence-corrected chi connectivity index (χ3v) is 7.04. The van der Waals surface area contributed by atoms with Crippen LogP contribution < -0.4 is 10.2 Å². The van der Waals surface area contributed by atoms with Crippen molar-refractivity contribution in [2.45, 2.75) is 44.7 Å². The number of anilines is 1. The molecule has 0 atom stereocenters. The molecule has 4 rings (SSSR count). The molecule has 176 valence electrons. The summed E-state index contributed by atoms with van der Waals surface area (Å²) in [5.41, 5.74) is 3.37. The molecule has 2 fully saturated rings. The number of likely N-dealkylation sites (tertiary alicyclic amines) is 1. The molecule has 2 aliphatic rings. The molecule has 1 N–H and O–H groups in total. The van der Waals surface area contributed by atoms with Crippen molar-refractivity contribution in [1.29, 1.82) is 0 Å². The van der Waals surface area contributed by atoms with Crippen LogP contribution in [0.2, 0.25) is 0 Å². The summed E-state index contributed by atoms with van der Waals surface area (Å²) in [6.07, 6.45) is 4.51. The summed E-state index contributed by atoms with van der Waals surface area (Å²) in [6.45, 7) is 4.63. The molecule has 6 heteroatoms. The second kappa shape index (κ2) is 11.3. The van der Waals surface area contributed by atoms with E-state index in [1.165, 1.54) is 12.8 Å². The van der Waals surface area contributed by atoms with Gasteiger partial charge in [0.05, 0.1) is 19.4 Å². The molecule has 0 aliphatic carbocycles. The number of carbonyl (C=O) groups excluding carboxylic acids is 2. The highest BCUT2D eigenvalue weighted by molar-refractivity contribution is 5.78. The number of nitrogens with one attached hydrogen (secondary N) is 1. The van der Waals surface area contributed by atoms with Crippen molar-refractivity contribution in [3.63, 3.8) is 0 Å². The van der Waals surface area contributed by atoms with Crippen molar-refractivity contribution >= 4 is 17.6 Å². The molecule has 2 heterocycles. The minimum absolute atomic E-state index is 0.0448. The minimum atomic E-state index is -0.0541. The summed E-state index contributed by atoms with van der Waals surface area (Å²) < 4.78 is 4.91. The van der Waals surface area contributed by atoms with E-state index in [-0.39, 0.29) is 17.8 Å². The number of hydrogen-bond donors (Lipinski definition) is 1. The van der Waals surface area contributed by atoms with E-state index < -0.39 is 0 Å². The molecular weight excluding hydrogens is 414 g/mol. The summed E-state index contributed by atoms with van der Waals surface area (Å²) in [5, 5.41) is 2.99. The van der Waals surface area contributed by atoms with Gasteiger partial charge in [0.1, 0.15) is 0 Å². The molecule has 0 unspecified atom stereocenters. The summed E-state index contributed by atoms with van der Waals surface area (Å²) >= 11 is 0. The van der Waals surface area contributed by atoms with Gasteiger partial charge in [0.15, 0.2) is 0 Å². The first-order chi connectivity index (χ1) is 16.1. The van der Waals surface area contributed by atoms with Gasteiger partial charge in [0.2, 0.25) is 5.91 Å². The molecule has 2 aromatic rings. The fraction of sp³-hybridized carbons (Fsp3) is 0.481. The minimum Gasteiger partial charge on any atom is -0.469 e. The first kappa shape index (κ1) is 23.3. The Morgan fingerprint density at radius 1 is 0.879 bits per heavy atom. The molecule has 0 aromatic heterocycles. The molecule has 0 spiro atoms. The van der Waals surface area contributed by atoms with Crippen LogP contribution in [0.3, 0.4) is 0 Å². The van der Waals surface area contributed by atoms with Gasteiger partial charge in [-0.25, -0.2) is 0 Å². The molecule has 0 radical (unpaired) electrons. The molecule has 2 aliphatic heterocycles. The Balaban J connectivity index is 1.20. The molecule has 6 nitrogen and oxygen atoms in total. The lowest BCUT2D eigenvalue weighted by molar-refractivity contribution is -0.147. The average Bonchev–Trinajstić information content (AvgIpc) is 2.88. The second-order valence-corrected chi connectivity index (χ2v) is 9.16. The molecule has 1 amide bonds. The van der Waals surface area contributed by atoms with Gasteiger partial charge in [-0.3, -0.25) is 9.59 Å².